The Morgan fingerprint density at radius 2 is 1.82 bits per heavy atom. The zero-order valence-electron chi connectivity index (χ0n) is 22.2. The van der Waals surface area contributed by atoms with Crippen LogP contribution in [0.2, 0.25) is 0 Å². The Labute approximate surface area is 229 Å². The number of hydrogen-bond acceptors (Lipinski definition) is 7. The molecule has 3 heterocycles. The van der Waals surface area contributed by atoms with Gasteiger partial charge >= 0.3 is 11.9 Å². The minimum Gasteiger partial charge on any atom is -0.465 e. The number of nitrogens with zero attached hydrogens (tertiary/aromatic N) is 3. The minimum absolute atomic E-state index is 0.0674. The van der Waals surface area contributed by atoms with Crippen molar-refractivity contribution in [2.75, 3.05) is 6.61 Å². The Morgan fingerprint density at radius 3 is 2.54 bits per heavy atom. The molecule has 2 aromatic carbocycles. The van der Waals surface area contributed by atoms with Crippen molar-refractivity contribution in [2.24, 2.45) is 4.99 Å². The molecule has 1 aliphatic rings. The molecule has 2 aromatic heterocycles. The van der Waals surface area contributed by atoms with Gasteiger partial charge in [0.2, 0.25) is 0 Å². The molecule has 39 heavy (non-hydrogen) atoms. The molecule has 5 rings (SSSR count). The first kappa shape index (κ1) is 26.4. The molecule has 0 aliphatic carbocycles. The van der Waals surface area contributed by atoms with Crippen molar-refractivity contribution in [3.05, 3.63) is 103 Å². The van der Waals surface area contributed by atoms with Crippen molar-refractivity contribution >= 4 is 40.3 Å². The molecule has 0 N–H and O–H groups in total. The molecule has 0 bridgehead atoms. The summed E-state index contributed by atoms with van der Waals surface area (Å²) in [6, 6.07) is 16.5. The maximum absolute atomic E-state index is 13.9. The van der Waals surface area contributed by atoms with E-state index >= 15 is 0 Å². The minimum atomic E-state index is -0.666. The van der Waals surface area contributed by atoms with Gasteiger partial charge in [-0.15, -0.1) is 0 Å². The van der Waals surface area contributed by atoms with Crippen LogP contribution in [0.15, 0.2) is 81.9 Å². The smallest absolute Gasteiger partial charge is 0.338 e. The molecule has 9 heteroatoms. The van der Waals surface area contributed by atoms with Crippen LogP contribution in [0.4, 0.5) is 0 Å². The van der Waals surface area contributed by atoms with Crippen LogP contribution in [0.1, 0.15) is 44.9 Å². The van der Waals surface area contributed by atoms with Crippen LogP contribution in [0, 0.1) is 0 Å². The quantitative estimate of drug-likeness (QED) is 0.332. The topological polar surface area (TPSA) is 91.9 Å². The average molecular weight is 544 g/mol. The molecular weight excluding hydrogens is 514 g/mol. The van der Waals surface area contributed by atoms with Gasteiger partial charge in [0.25, 0.3) is 5.56 Å². The van der Waals surface area contributed by atoms with Gasteiger partial charge in [-0.2, -0.15) is 0 Å². The van der Waals surface area contributed by atoms with E-state index in [0.717, 1.165) is 22.0 Å². The lowest BCUT2D eigenvalue weighted by Gasteiger charge is -2.25. The molecule has 0 fully saturated rings. The summed E-state index contributed by atoms with van der Waals surface area (Å²) < 4.78 is 14.6. The monoisotopic (exact) mass is 543 g/mol. The zero-order valence-corrected chi connectivity index (χ0v) is 23.0. The van der Waals surface area contributed by atoms with Crippen LogP contribution in [-0.4, -0.2) is 33.8 Å². The lowest BCUT2D eigenvalue weighted by atomic mass is 9.96. The molecule has 4 aromatic rings. The number of hydrogen-bond donors (Lipinski definition) is 0. The van der Waals surface area contributed by atoms with E-state index in [1.807, 2.05) is 71.4 Å². The first-order valence-electron chi connectivity index (χ1n) is 12.8. The molecule has 8 nitrogen and oxygen atoms in total. The molecule has 0 spiro atoms. The SMILES string of the molecule is CCOC(=O)Cn1cc(C=c2sc3n(c2=O)C(c2ccccc2)C(C(=O)OC(C)C)=C(C)N=3)c2ccccc21. The predicted octanol–water partition coefficient (Wildman–Crippen LogP) is 3.70. The Hall–Kier alpha value is -4.24. The third kappa shape index (κ3) is 5.09. The Morgan fingerprint density at radius 1 is 1.10 bits per heavy atom. The van der Waals surface area contributed by atoms with Crippen molar-refractivity contribution < 1.29 is 19.1 Å². The Balaban J connectivity index is 1.68. The van der Waals surface area contributed by atoms with Crippen LogP contribution in [0.5, 0.6) is 0 Å². The summed E-state index contributed by atoms with van der Waals surface area (Å²) in [5.41, 5.74) is 3.07. The fourth-order valence-electron chi connectivity index (χ4n) is 4.82. The summed E-state index contributed by atoms with van der Waals surface area (Å²) in [5.74, 6) is -0.820. The summed E-state index contributed by atoms with van der Waals surface area (Å²) >= 11 is 1.27. The largest absolute Gasteiger partial charge is 0.465 e. The second-order valence-corrected chi connectivity index (χ2v) is 10.5. The molecule has 0 saturated heterocycles. The number of rotatable bonds is 7. The van der Waals surface area contributed by atoms with E-state index in [4.69, 9.17) is 9.47 Å². The molecular formula is C30H29N3O5S. The summed E-state index contributed by atoms with van der Waals surface area (Å²) in [7, 11) is 0. The van der Waals surface area contributed by atoms with Crippen LogP contribution < -0.4 is 14.9 Å². The lowest BCUT2D eigenvalue weighted by molar-refractivity contribution is -0.144. The van der Waals surface area contributed by atoms with Gasteiger partial charge in [0.1, 0.15) is 6.54 Å². The highest BCUT2D eigenvalue weighted by molar-refractivity contribution is 7.07. The number of fused-ring (bicyclic) bond motifs is 2. The first-order valence-corrected chi connectivity index (χ1v) is 13.6. The first-order chi connectivity index (χ1) is 18.8. The number of aromatic nitrogens is 2. The summed E-state index contributed by atoms with van der Waals surface area (Å²) in [5, 5.41) is 0.907. The predicted molar refractivity (Wildman–Crippen MR) is 150 cm³/mol. The van der Waals surface area contributed by atoms with Crippen molar-refractivity contribution in [1.82, 2.24) is 9.13 Å². The number of benzene rings is 2. The highest BCUT2D eigenvalue weighted by Gasteiger charge is 2.33. The molecule has 0 radical (unpaired) electrons. The molecule has 200 valence electrons. The van der Waals surface area contributed by atoms with Gasteiger partial charge in [-0.1, -0.05) is 59.9 Å². The van der Waals surface area contributed by atoms with Crippen LogP contribution in [0.25, 0.3) is 17.0 Å². The zero-order chi connectivity index (χ0) is 27.7. The third-order valence-corrected chi connectivity index (χ3v) is 7.39. The van der Waals surface area contributed by atoms with E-state index in [9.17, 15) is 14.4 Å². The second kappa shape index (κ2) is 10.9. The number of thiazole rings is 1. The number of para-hydroxylation sites is 1. The number of ether oxygens (including phenoxy) is 2. The van der Waals surface area contributed by atoms with Crippen molar-refractivity contribution in [3.63, 3.8) is 0 Å². The van der Waals surface area contributed by atoms with Gasteiger partial charge in [-0.3, -0.25) is 14.2 Å². The number of allylic oxidation sites excluding steroid dienone is 1. The molecule has 1 atom stereocenters. The van der Waals surface area contributed by atoms with Crippen molar-refractivity contribution in [3.8, 4) is 0 Å². The van der Waals surface area contributed by atoms with Crippen LogP contribution in [0.3, 0.4) is 0 Å². The van der Waals surface area contributed by atoms with Gasteiger partial charge in [0, 0.05) is 22.7 Å². The third-order valence-electron chi connectivity index (χ3n) is 6.41. The highest BCUT2D eigenvalue weighted by Crippen LogP contribution is 2.31. The Bertz CT molecular complexity index is 1780. The van der Waals surface area contributed by atoms with Crippen molar-refractivity contribution in [2.45, 2.75) is 46.4 Å². The number of esters is 2. The Kier molecular flexibility index (Phi) is 7.34. The maximum atomic E-state index is 13.9. The number of carbonyl (C=O) groups is 2. The summed E-state index contributed by atoms with van der Waals surface area (Å²) in [6.07, 6.45) is 3.36. The summed E-state index contributed by atoms with van der Waals surface area (Å²) in [6.45, 7) is 7.50. The van der Waals surface area contributed by atoms with Gasteiger partial charge < -0.3 is 14.0 Å². The highest BCUT2D eigenvalue weighted by atomic mass is 32.1. The van der Waals surface area contributed by atoms with E-state index < -0.39 is 12.0 Å². The van der Waals surface area contributed by atoms with Gasteiger partial charge in [0.15, 0.2) is 4.80 Å². The second-order valence-electron chi connectivity index (χ2n) is 9.48. The van der Waals surface area contributed by atoms with E-state index in [0.29, 0.717) is 27.2 Å². The fourth-order valence-corrected chi connectivity index (χ4v) is 5.86. The average Bonchev–Trinajstić information content (AvgIpc) is 3.40. The van der Waals surface area contributed by atoms with Gasteiger partial charge in [-0.05, 0) is 45.4 Å². The maximum Gasteiger partial charge on any atom is 0.338 e. The standard InChI is InChI=1S/C30H29N3O5S/c1-5-37-25(34)17-32-16-21(22-13-9-10-14-23(22)32)15-24-28(35)33-27(20-11-7-6-8-12-20)26(29(36)38-18(2)3)19(4)31-30(33)39-24/h6-16,18,27H,5,17H2,1-4H3. The van der Waals surface area contributed by atoms with Gasteiger partial charge in [-0.25, -0.2) is 9.79 Å². The molecule has 1 unspecified atom stereocenters. The molecule has 0 amide bonds. The molecule has 1 aliphatic heterocycles. The van der Waals surface area contributed by atoms with Crippen molar-refractivity contribution in [1.29, 1.82) is 0 Å². The fraction of sp³-hybridized carbons (Fsp3) is 0.267. The normalized spacial score (nSPS) is 15.4. The van der Waals surface area contributed by atoms with Crippen LogP contribution in [-0.2, 0) is 25.6 Å². The molecule has 0 saturated carbocycles. The van der Waals surface area contributed by atoms with E-state index in [1.165, 1.54) is 11.3 Å². The van der Waals surface area contributed by atoms with Crippen LogP contribution >= 0.6 is 11.3 Å². The van der Waals surface area contributed by atoms with Gasteiger partial charge in [0.05, 0.1) is 34.6 Å². The van der Waals surface area contributed by atoms with E-state index in [-0.39, 0.29) is 24.2 Å². The van der Waals surface area contributed by atoms with E-state index in [2.05, 4.69) is 4.99 Å². The lowest BCUT2D eigenvalue weighted by Crippen LogP contribution is -2.40. The number of carbonyl (C=O) groups excluding carboxylic acids is 2. The summed E-state index contributed by atoms with van der Waals surface area (Å²) in [4.78, 5) is 44.5. The van der Waals surface area contributed by atoms with E-state index in [1.54, 1.807) is 32.3 Å².